The number of aryl methyl sites for hydroxylation is 1. The molecule has 1 N–H and O–H groups in total. The minimum atomic E-state index is -0.107. The highest BCUT2D eigenvalue weighted by Crippen LogP contribution is 2.37. The van der Waals surface area contributed by atoms with Gasteiger partial charge < -0.3 is 9.84 Å². The number of amides is 1. The van der Waals surface area contributed by atoms with Crippen LogP contribution in [0.4, 0.5) is 5.69 Å². The van der Waals surface area contributed by atoms with E-state index in [0.717, 1.165) is 23.2 Å². The maximum Gasteiger partial charge on any atom is 0.266 e. The zero-order valence-corrected chi connectivity index (χ0v) is 18.3. The number of amidine groups is 1. The average molecular weight is 423 g/mol. The molecular formula is C24H26N2O3S. The van der Waals surface area contributed by atoms with E-state index >= 15 is 0 Å². The zero-order chi connectivity index (χ0) is 21.7. The molecule has 1 heterocycles. The Labute approximate surface area is 181 Å². The zero-order valence-electron chi connectivity index (χ0n) is 17.5. The van der Waals surface area contributed by atoms with Gasteiger partial charge in [-0.3, -0.25) is 9.69 Å². The monoisotopic (exact) mass is 422 g/mol. The van der Waals surface area contributed by atoms with Crippen LogP contribution < -0.4 is 4.74 Å². The summed E-state index contributed by atoms with van der Waals surface area (Å²) in [6.45, 7) is 8.13. The standard InChI is InChI=1S/C24H26N2O3S/c1-5-10-18-13-16(14-20(22(18)27)29-7-3)15-21-23(28)26(4)24(30-21)25-19-12-9-8-11-17(19)6-2/h5,8-9,11-15,27H,1,6-7,10H2,2-4H3/b21-15-,25-24?. The lowest BCUT2D eigenvalue weighted by atomic mass is 10.1. The number of carbonyl (C=O) groups excluding carboxylic acids is 1. The summed E-state index contributed by atoms with van der Waals surface area (Å²) >= 11 is 1.34. The van der Waals surface area contributed by atoms with Crippen LogP contribution in [0.15, 0.2) is 59.0 Å². The average Bonchev–Trinajstić information content (AvgIpc) is 3.00. The Morgan fingerprint density at radius 1 is 1.23 bits per heavy atom. The first-order valence-corrected chi connectivity index (χ1v) is 10.7. The molecule has 30 heavy (non-hydrogen) atoms. The molecule has 6 heteroatoms. The van der Waals surface area contributed by atoms with Gasteiger partial charge in [0.15, 0.2) is 16.7 Å². The van der Waals surface area contributed by atoms with Crippen LogP contribution in [-0.4, -0.2) is 34.7 Å². The van der Waals surface area contributed by atoms with E-state index in [2.05, 4.69) is 13.5 Å². The largest absolute Gasteiger partial charge is 0.504 e. The first kappa shape index (κ1) is 21.7. The predicted molar refractivity (Wildman–Crippen MR) is 124 cm³/mol. The smallest absolute Gasteiger partial charge is 0.266 e. The van der Waals surface area contributed by atoms with E-state index in [1.54, 1.807) is 24.1 Å². The molecule has 2 aromatic carbocycles. The molecule has 156 valence electrons. The lowest BCUT2D eigenvalue weighted by molar-refractivity contribution is -0.121. The molecule has 0 radical (unpaired) electrons. The molecule has 0 atom stereocenters. The predicted octanol–water partition coefficient (Wildman–Crippen LogP) is 5.32. The molecule has 1 aliphatic heterocycles. The number of hydrogen-bond acceptors (Lipinski definition) is 5. The molecule has 0 bridgehead atoms. The molecule has 2 aromatic rings. The van der Waals surface area contributed by atoms with Crippen molar-refractivity contribution in [1.82, 2.24) is 4.90 Å². The van der Waals surface area contributed by atoms with Crippen LogP contribution in [0.2, 0.25) is 0 Å². The highest BCUT2D eigenvalue weighted by Gasteiger charge is 2.30. The lowest BCUT2D eigenvalue weighted by Crippen LogP contribution is -2.23. The number of aliphatic imine (C=N–C) groups is 1. The number of phenols is 1. The van der Waals surface area contributed by atoms with E-state index in [9.17, 15) is 9.90 Å². The number of phenolic OH excluding ortho intramolecular Hbond substituents is 1. The quantitative estimate of drug-likeness (QED) is 0.485. The summed E-state index contributed by atoms with van der Waals surface area (Å²) in [5, 5.41) is 11.0. The van der Waals surface area contributed by atoms with Gasteiger partial charge in [-0.05, 0) is 66.9 Å². The highest BCUT2D eigenvalue weighted by atomic mass is 32.2. The fourth-order valence-electron chi connectivity index (χ4n) is 3.17. The third-order valence-electron chi connectivity index (χ3n) is 4.73. The number of allylic oxidation sites excluding steroid dienone is 1. The van der Waals surface area contributed by atoms with Crippen molar-refractivity contribution < 1.29 is 14.6 Å². The maximum atomic E-state index is 12.8. The lowest BCUT2D eigenvalue weighted by Gasteiger charge is -2.11. The molecule has 3 rings (SSSR count). The van der Waals surface area contributed by atoms with Crippen LogP contribution in [-0.2, 0) is 17.6 Å². The summed E-state index contributed by atoms with van der Waals surface area (Å²) in [5.74, 6) is 0.405. The van der Waals surface area contributed by atoms with Crippen molar-refractivity contribution in [3.63, 3.8) is 0 Å². The number of benzene rings is 2. The number of rotatable bonds is 7. The second-order valence-electron chi connectivity index (χ2n) is 6.80. The van der Waals surface area contributed by atoms with Gasteiger partial charge in [-0.1, -0.05) is 31.2 Å². The van der Waals surface area contributed by atoms with Crippen LogP contribution in [0, 0.1) is 0 Å². The molecule has 0 unspecified atom stereocenters. The SMILES string of the molecule is C=CCc1cc(/C=C2\SC(=Nc3ccccc3CC)N(C)C2=O)cc(OCC)c1O. The Bertz CT molecular complexity index is 1030. The van der Waals surface area contributed by atoms with Crippen molar-refractivity contribution in [1.29, 1.82) is 0 Å². The number of nitrogens with zero attached hydrogens (tertiary/aromatic N) is 2. The number of aromatic hydroxyl groups is 1. The van der Waals surface area contributed by atoms with Crippen LogP contribution in [0.3, 0.4) is 0 Å². The summed E-state index contributed by atoms with van der Waals surface area (Å²) in [4.78, 5) is 19.7. The normalized spacial score (nSPS) is 16.5. The van der Waals surface area contributed by atoms with Crippen molar-refractivity contribution in [2.24, 2.45) is 4.99 Å². The fourth-order valence-corrected chi connectivity index (χ4v) is 4.15. The summed E-state index contributed by atoms with van der Waals surface area (Å²) < 4.78 is 5.56. The van der Waals surface area contributed by atoms with E-state index in [-0.39, 0.29) is 11.7 Å². The molecule has 1 aliphatic rings. The molecule has 0 aliphatic carbocycles. The minimum Gasteiger partial charge on any atom is -0.504 e. The van der Waals surface area contributed by atoms with Crippen LogP contribution in [0.1, 0.15) is 30.5 Å². The van der Waals surface area contributed by atoms with Gasteiger partial charge >= 0.3 is 0 Å². The topological polar surface area (TPSA) is 62.1 Å². The van der Waals surface area contributed by atoms with Crippen LogP contribution in [0.5, 0.6) is 11.5 Å². The molecule has 1 fully saturated rings. The summed E-state index contributed by atoms with van der Waals surface area (Å²) in [7, 11) is 1.73. The van der Waals surface area contributed by atoms with E-state index in [4.69, 9.17) is 9.73 Å². The van der Waals surface area contributed by atoms with Gasteiger partial charge in [-0.25, -0.2) is 4.99 Å². The van der Waals surface area contributed by atoms with Crippen LogP contribution in [0.25, 0.3) is 6.08 Å². The number of carbonyl (C=O) groups is 1. The third kappa shape index (κ3) is 4.60. The van der Waals surface area contributed by atoms with E-state index in [1.165, 1.54) is 11.8 Å². The van der Waals surface area contributed by atoms with Crippen LogP contribution >= 0.6 is 11.8 Å². The second kappa shape index (κ2) is 9.67. The molecule has 1 amide bonds. The van der Waals surface area contributed by atoms with Gasteiger partial charge in [0.1, 0.15) is 0 Å². The fraction of sp³-hybridized carbons (Fsp3) is 0.250. The van der Waals surface area contributed by atoms with Gasteiger partial charge in [0.05, 0.1) is 17.2 Å². The van der Waals surface area contributed by atoms with Gasteiger partial charge in [0, 0.05) is 12.6 Å². The Kier molecular flexibility index (Phi) is 7.00. The van der Waals surface area contributed by atoms with Gasteiger partial charge in [-0.15, -0.1) is 6.58 Å². The molecule has 0 aromatic heterocycles. The number of ether oxygens (including phenoxy) is 1. The molecule has 0 saturated carbocycles. The van der Waals surface area contributed by atoms with Crippen molar-refractivity contribution in [2.75, 3.05) is 13.7 Å². The first-order valence-electron chi connectivity index (χ1n) is 9.92. The van der Waals surface area contributed by atoms with Crippen molar-refractivity contribution in [2.45, 2.75) is 26.7 Å². The van der Waals surface area contributed by atoms with E-state index in [0.29, 0.717) is 34.4 Å². The van der Waals surface area contributed by atoms with Crippen molar-refractivity contribution in [3.05, 3.63) is 70.6 Å². The van der Waals surface area contributed by atoms with E-state index in [1.807, 2.05) is 43.3 Å². The Hall–Kier alpha value is -2.99. The number of likely N-dealkylation sites (N-methyl/N-ethyl adjacent to an activating group) is 1. The Morgan fingerprint density at radius 3 is 2.70 bits per heavy atom. The molecular weight excluding hydrogens is 396 g/mol. The third-order valence-corrected chi connectivity index (χ3v) is 5.79. The number of thioether (sulfide) groups is 1. The summed E-state index contributed by atoms with van der Waals surface area (Å²) in [6, 6.07) is 11.5. The maximum absolute atomic E-state index is 12.8. The highest BCUT2D eigenvalue weighted by molar-refractivity contribution is 8.18. The Morgan fingerprint density at radius 2 is 2.00 bits per heavy atom. The second-order valence-corrected chi connectivity index (χ2v) is 7.81. The summed E-state index contributed by atoms with van der Waals surface area (Å²) in [6.07, 6.45) is 4.91. The number of hydrogen-bond donors (Lipinski definition) is 1. The van der Waals surface area contributed by atoms with Crippen molar-refractivity contribution >= 4 is 34.6 Å². The summed E-state index contributed by atoms with van der Waals surface area (Å²) in [5.41, 5.74) is 3.50. The minimum absolute atomic E-state index is 0.107. The van der Waals surface area contributed by atoms with Gasteiger partial charge in [-0.2, -0.15) is 0 Å². The van der Waals surface area contributed by atoms with Gasteiger partial charge in [0.2, 0.25) is 0 Å². The van der Waals surface area contributed by atoms with Crippen molar-refractivity contribution in [3.8, 4) is 11.5 Å². The molecule has 5 nitrogen and oxygen atoms in total. The van der Waals surface area contributed by atoms with E-state index < -0.39 is 0 Å². The molecule has 1 saturated heterocycles. The number of para-hydroxylation sites is 1. The molecule has 0 spiro atoms. The van der Waals surface area contributed by atoms with Gasteiger partial charge in [0.25, 0.3) is 5.91 Å². The Balaban J connectivity index is 1.97. The first-order chi connectivity index (χ1) is 14.5.